The third kappa shape index (κ3) is 2.95. The Bertz CT molecular complexity index is 758. The number of fused-ring (bicyclic) bond motifs is 1. The molecule has 24 heavy (non-hydrogen) atoms. The van der Waals surface area contributed by atoms with Gasteiger partial charge in [-0.1, -0.05) is 46.3 Å². The Morgan fingerprint density at radius 1 is 1.08 bits per heavy atom. The fourth-order valence-electron chi connectivity index (χ4n) is 3.66. The van der Waals surface area contributed by atoms with Crippen LogP contribution < -0.4 is 4.90 Å². The first kappa shape index (κ1) is 15.7. The molecule has 124 valence electrons. The molecule has 0 aromatic heterocycles. The number of amides is 1. The van der Waals surface area contributed by atoms with Crippen LogP contribution in [-0.4, -0.2) is 30.9 Å². The summed E-state index contributed by atoms with van der Waals surface area (Å²) in [6.07, 6.45) is 0.981. The van der Waals surface area contributed by atoms with Crippen molar-refractivity contribution < 1.29 is 4.79 Å². The monoisotopic (exact) mass is 384 g/mol. The van der Waals surface area contributed by atoms with Gasteiger partial charge in [0.25, 0.3) is 0 Å². The van der Waals surface area contributed by atoms with Crippen LogP contribution in [0.1, 0.15) is 23.5 Å². The van der Waals surface area contributed by atoms with E-state index < -0.39 is 0 Å². The lowest BCUT2D eigenvalue weighted by molar-refractivity contribution is -0.133. The van der Waals surface area contributed by atoms with Crippen molar-refractivity contribution in [2.24, 2.45) is 5.92 Å². The number of nitrogens with zero attached hydrogens (tertiary/aromatic N) is 2. The molecule has 1 aliphatic carbocycles. The number of halogens is 1. The van der Waals surface area contributed by atoms with Gasteiger partial charge in [-0.3, -0.25) is 4.79 Å². The summed E-state index contributed by atoms with van der Waals surface area (Å²) < 4.78 is 1.09. The summed E-state index contributed by atoms with van der Waals surface area (Å²) in [4.78, 5) is 17.3. The molecule has 2 atom stereocenters. The van der Waals surface area contributed by atoms with Crippen molar-refractivity contribution in [1.29, 1.82) is 0 Å². The normalized spacial score (nSPS) is 22.8. The number of carbonyl (C=O) groups excluding carboxylic acids is 1. The Morgan fingerprint density at radius 2 is 1.83 bits per heavy atom. The van der Waals surface area contributed by atoms with Crippen LogP contribution in [0, 0.1) is 5.92 Å². The highest BCUT2D eigenvalue weighted by molar-refractivity contribution is 9.10. The minimum Gasteiger partial charge on any atom is -0.373 e. The molecule has 1 amide bonds. The molecule has 1 saturated carbocycles. The van der Waals surface area contributed by atoms with E-state index in [0.717, 1.165) is 30.5 Å². The quantitative estimate of drug-likeness (QED) is 0.779. The average Bonchev–Trinajstić information content (AvgIpc) is 3.40. The molecule has 1 heterocycles. The lowest BCUT2D eigenvalue weighted by atomic mass is 10.1. The number of carbonyl (C=O) groups is 1. The standard InChI is InChI=1S/C20H21BrN2O/c1-22-10-11-23(13-15-4-2-3-5-19(15)22)20(24)18-12-17(18)14-6-8-16(21)9-7-14/h2-9,17-18H,10-13H2,1H3. The van der Waals surface area contributed by atoms with Crippen LogP contribution in [0.15, 0.2) is 53.0 Å². The van der Waals surface area contributed by atoms with Gasteiger partial charge in [0, 0.05) is 42.8 Å². The molecule has 0 spiro atoms. The molecule has 1 fully saturated rings. The maximum atomic E-state index is 13.0. The van der Waals surface area contributed by atoms with E-state index in [9.17, 15) is 4.79 Å². The molecule has 0 saturated heterocycles. The predicted molar refractivity (Wildman–Crippen MR) is 100 cm³/mol. The maximum absolute atomic E-state index is 13.0. The van der Waals surface area contributed by atoms with Gasteiger partial charge in [-0.05, 0) is 41.7 Å². The first-order valence-corrected chi connectivity index (χ1v) is 9.26. The smallest absolute Gasteiger partial charge is 0.226 e. The molecule has 3 nitrogen and oxygen atoms in total. The number of rotatable bonds is 2. The fourth-order valence-corrected chi connectivity index (χ4v) is 3.93. The van der Waals surface area contributed by atoms with Gasteiger partial charge in [0.1, 0.15) is 0 Å². The molecule has 2 aliphatic rings. The zero-order valence-electron chi connectivity index (χ0n) is 13.8. The van der Waals surface area contributed by atoms with Crippen LogP contribution in [0.4, 0.5) is 5.69 Å². The second-order valence-electron chi connectivity index (χ2n) is 6.81. The SMILES string of the molecule is CN1CCN(C(=O)C2CC2c2ccc(Br)cc2)Cc2ccccc21. The van der Waals surface area contributed by atoms with E-state index in [1.165, 1.54) is 16.8 Å². The minimum absolute atomic E-state index is 0.154. The van der Waals surface area contributed by atoms with Crippen molar-refractivity contribution in [3.63, 3.8) is 0 Å². The summed E-state index contributed by atoms with van der Waals surface area (Å²) in [6.45, 7) is 2.41. The highest BCUT2D eigenvalue weighted by Gasteiger charge is 2.45. The number of hydrogen-bond acceptors (Lipinski definition) is 2. The van der Waals surface area contributed by atoms with E-state index in [2.05, 4.69) is 76.4 Å². The van der Waals surface area contributed by atoms with Crippen molar-refractivity contribution >= 4 is 27.5 Å². The highest BCUT2D eigenvalue weighted by atomic mass is 79.9. The Balaban J connectivity index is 1.49. The van der Waals surface area contributed by atoms with Crippen LogP contribution in [-0.2, 0) is 11.3 Å². The summed E-state index contributed by atoms with van der Waals surface area (Å²) in [5.41, 5.74) is 3.77. The van der Waals surface area contributed by atoms with Gasteiger partial charge in [-0.25, -0.2) is 0 Å². The van der Waals surface area contributed by atoms with Crippen LogP contribution in [0.3, 0.4) is 0 Å². The van der Waals surface area contributed by atoms with Crippen molar-refractivity contribution in [2.45, 2.75) is 18.9 Å². The number of para-hydroxylation sites is 1. The van der Waals surface area contributed by atoms with Crippen LogP contribution in [0.2, 0.25) is 0 Å². The van der Waals surface area contributed by atoms with Gasteiger partial charge in [-0.15, -0.1) is 0 Å². The number of anilines is 1. The fraction of sp³-hybridized carbons (Fsp3) is 0.350. The molecule has 2 aromatic carbocycles. The Kier molecular flexibility index (Phi) is 4.09. The molecule has 4 heteroatoms. The number of likely N-dealkylation sites (N-methyl/N-ethyl adjacent to an activating group) is 1. The molecule has 2 unspecified atom stereocenters. The zero-order chi connectivity index (χ0) is 16.7. The third-order valence-corrected chi connectivity index (χ3v) is 5.72. The van der Waals surface area contributed by atoms with E-state index in [4.69, 9.17) is 0 Å². The first-order chi connectivity index (χ1) is 11.6. The summed E-state index contributed by atoms with van der Waals surface area (Å²) in [6, 6.07) is 16.8. The Morgan fingerprint density at radius 3 is 2.62 bits per heavy atom. The summed E-state index contributed by atoms with van der Waals surface area (Å²) in [7, 11) is 2.11. The van der Waals surface area contributed by atoms with Crippen molar-refractivity contribution in [3.8, 4) is 0 Å². The van der Waals surface area contributed by atoms with Gasteiger partial charge < -0.3 is 9.80 Å². The van der Waals surface area contributed by atoms with Crippen molar-refractivity contribution in [1.82, 2.24) is 4.90 Å². The largest absolute Gasteiger partial charge is 0.373 e. The topological polar surface area (TPSA) is 23.6 Å². The molecular formula is C20H21BrN2O. The zero-order valence-corrected chi connectivity index (χ0v) is 15.4. The Labute approximate surface area is 151 Å². The van der Waals surface area contributed by atoms with E-state index in [0.29, 0.717) is 11.8 Å². The van der Waals surface area contributed by atoms with Gasteiger partial charge in [0.05, 0.1) is 0 Å². The lowest BCUT2D eigenvalue weighted by Gasteiger charge is -2.21. The number of benzene rings is 2. The third-order valence-electron chi connectivity index (χ3n) is 5.19. The second kappa shape index (κ2) is 6.25. The molecule has 0 radical (unpaired) electrons. The van der Waals surface area contributed by atoms with Crippen LogP contribution in [0.5, 0.6) is 0 Å². The predicted octanol–water partition coefficient (Wildman–Crippen LogP) is 4.03. The minimum atomic E-state index is 0.154. The molecular weight excluding hydrogens is 364 g/mol. The van der Waals surface area contributed by atoms with Gasteiger partial charge in [0.15, 0.2) is 0 Å². The van der Waals surface area contributed by atoms with E-state index >= 15 is 0 Å². The number of hydrogen-bond donors (Lipinski definition) is 0. The molecule has 1 aliphatic heterocycles. The average molecular weight is 385 g/mol. The molecule has 4 rings (SSSR count). The molecule has 0 bridgehead atoms. The van der Waals surface area contributed by atoms with Crippen molar-refractivity contribution in [2.75, 3.05) is 25.0 Å². The van der Waals surface area contributed by atoms with Gasteiger partial charge in [0.2, 0.25) is 5.91 Å². The van der Waals surface area contributed by atoms with E-state index in [-0.39, 0.29) is 5.92 Å². The van der Waals surface area contributed by atoms with Crippen molar-refractivity contribution in [3.05, 3.63) is 64.1 Å². The van der Waals surface area contributed by atoms with Gasteiger partial charge in [-0.2, -0.15) is 0 Å². The molecule has 0 N–H and O–H groups in total. The summed E-state index contributed by atoms with van der Waals surface area (Å²) in [5.74, 6) is 0.858. The van der Waals surface area contributed by atoms with Gasteiger partial charge >= 0.3 is 0 Å². The van der Waals surface area contributed by atoms with Crippen LogP contribution >= 0.6 is 15.9 Å². The van der Waals surface area contributed by atoms with Crippen LogP contribution in [0.25, 0.3) is 0 Å². The summed E-state index contributed by atoms with van der Waals surface area (Å²) in [5, 5.41) is 0. The summed E-state index contributed by atoms with van der Waals surface area (Å²) >= 11 is 3.47. The maximum Gasteiger partial charge on any atom is 0.226 e. The second-order valence-corrected chi connectivity index (χ2v) is 7.73. The first-order valence-electron chi connectivity index (χ1n) is 8.47. The lowest BCUT2D eigenvalue weighted by Crippen LogP contribution is -2.35. The van der Waals surface area contributed by atoms with E-state index in [1.54, 1.807) is 0 Å². The van der Waals surface area contributed by atoms with E-state index in [1.807, 2.05) is 4.90 Å². The highest BCUT2D eigenvalue weighted by Crippen LogP contribution is 2.49. The molecule has 2 aromatic rings. The Hall–Kier alpha value is -1.81.